The third-order valence-corrected chi connectivity index (χ3v) is 7.22. The molecule has 0 radical (unpaired) electrons. The Balaban J connectivity index is 2.49. The molecule has 226 valence electrons. The van der Waals surface area contributed by atoms with E-state index in [1.54, 1.807) is 25.7 Å². The summed E-state index contributed by atoms with van der Waals surface area (Å²) in [6, 6.07) is 11.7. The van der Waals surface area contributed by atoms with E-state index in [0.29, 0.717) is 12.1 Å². The molecule has 0 fully saturated rings. The zero-order valence-corrected chi connectivity index (χ0v) is 26.8. The SMILES string of the molecule is CCCCCCCCN(C(=O)C(CS)NC(=O)OC(C)(C)C)C(C(=O)Nc1c(C)cccc1C)c1cccc(C)c1. The number of aryl methyl sites for hydroxylation is 3. The molecule has 0 bridgehead atoms. The van der Waals surface area contributed by atoms with Crippen LogP contribution >= 0.6 is 12.6 Å². The van der Waals surface area contributed by atoms with Crippen molar-refractivity contribution >= 4 is 36.2 Å². The monoisotopic (exact) mass is 583 g/mol. The third kappa shape index (κ3) is 11.1. The van der Waals surface area contributed by atoms with Gasteiger partial charge in [0.05, 0.1) is 0 Å². The minimum atomic E-state index is -0.964. The normalized spacial score (nSPS) is 12.8. The number of nitrogens with one attached hydrogen (secondary N) is 2. The fourth-order valence-corrected chi connectivity index (χ4v) is 5.03. The molecule has 0 aliphatic carbocycles. The Morgan fingerprint density at radius 1 is 0.927 bits per heavy atom. The minimum absolute atomic E-state index is 0.0597. The average Bonchev–Trinajstić information content (AvgIpc) is 2.89. The van der Waals surface area contributed by atoms with Gasteiger partial charge in [0, 0.05) is 18.0 Å². The summed E-state index contributed by atoms with van der Waals surface area (Å²) in [5.41, 5.74) is 3.59. The molecule has 41 heavy (non-hydrogen) atoms. The molecule has 0 saturated heterocycles. The van der Waals surface area contributed by atoms with Crippen LogP contribution in [-0.4, -0.2) is 46.7 Å². The molecule has 2 aromatic rings. The molecule has 0 aromatic heterocycles. The highest BCUT2D eigenvalue weighted by atomic mass is 32.1. The molecule has 2 atom stereocenters. The summed E-state index contributed by atoms with van der Waals surface area (Å²) in [4.78, 5) is 42.5. The van der Waals surface area contributed by atoms with E-state index in [1.165, 1.54) is 6.42 Å². The van der Waals surface area contributed by atoms with E-state index in [1.807, 2.05) is 63.2 Å². The van der Waals surface area contributed by atoms with Crippen LogP contribution in [0.5, 0.6) is 0 Å². The molecular weight excluding hydrogens is 534 g/mol. The van der Waals surface area contributed by atoms with Gasteiger partial charge in [0.15, 0.2) is 0 Å². The van der Waals surface area contributed by atoms with Crippen molar-refractivity contribution in [3.05, 3.63) is 64.7 Å². The van der Waals surface area contributed by atoms with Gasteiger partial charge in [-0.2, -0.15) is 12.6 Å². The number of rotatable bonds is 14. The van der Waals surface area contributed by atoms with Crippen LogP contribution in [0.15, 0.2) is 42.5 Å². The molecule has 2 N–H and O–H groups in total. The maximum Gasteiger partial charge on any atom is 0.408 e. The van der Waals surface area contributed by atoms with Crippen LogP contribution in [0, 0.1) is 20.8 Å². The van der Waals surface area contributed by atoms with E-state index < -0.39 is 23.8 Å². The zero-order valence-electron chi connectivity index (χ0n) is 25.9. The zero-order chi connectivity index (χ0) is 30.6. The number of hydrogen-bond donors (Lipinski definition) is 3. The van der Waals surface area contributed by atoms with E-state index in [9.17, 15) is 14.4 Å². The number of hydrogen-bond acceptors (Lipinski definition) is 5. The quantitative estimate of drug-likeness (QED) is 0.161. The first kappa shape index (κ1) is 34.2. The summed E-state index contributed by atoms with van der Waals surface area (Å²) in [5, 5.41) is 5.80. The van der Waals surface area contributed by atoms with Gasteiger partial charge in [-0.15, -0.1) is 0 Å². The van der Waals surface area contributed by atoms with Gasteiger partial charge in [0.1, 0.15) is 17.7 Å². The van der Waals surface area contributed by atoms with E-state index in [0.717, 1.165) is 54.5 Å². The highest BCUT2D eigenvalue weighted by Crippen LogP contribution is 2.28. The molecular formula is C33H49N3O4S. The number of carbonyl (C=O) groups excluding carboxylic acids is 3. The van der Waals surface area contributed by atoms with Crippen molar-refractivity contribution < 1.29 is 19.1 Å². The molecule has 0 heterocycles. The number of anilines is 1. The lowest BCUT2D eigenvalue weighted by atomic mass is 9.99. The predicted octanol–water partition coefficient (Wildman–Crippen LogP) is 7.30. The second kappa shape index (κ2) is 16.4. The fraction of sp³-hybridized carbons (Fsp3) is 0.545. The van der Waals surface area contributed by atoms with E-state index >= 15 is 0 Å². The molecule has 8 heteroatoms. The summed E-state index contributed by atoms with van der Waals surface area (Å²) in [5.74, 6) is -0.616. The van der Waals surface area contributed by atoms with Gasteiger partial charge < -0.3 is 20.3 Å². The Morgan fingerprint density at radius 2 is 1.54 bits per heavy atom. The first-order valence-electron chi connectivity index (χ1n) is 14.7. The van der Waals surface area contributed by atoms with Crippen LogP contribution in [0.25, 0.3) is 0 Å². The fourth-order valence-electron chi connectivity index (χ4n) is 4.78. The Kier molecular flexibility index (Phi) is 13.7. The number of thiol groups is 1. The minimum Gasteiger partial charge on any atom is -0.444 e. The standard InChI is InChI=1S/C33H49N3O4S/c1-8-9-10-11-12-13-20-36(31(38)27(22-41)34-32(39)40-33(5,6)7)29(26-19-14-16-23(2)21-26)30(37)35-28-24(3)17-15-18-25(28)4/h14-19,21,27,29,41H,8-13,20,22H2,1-7H3,(H,34,39)(H,35,37). The first-order chi connectivity index (χ1) is 19.4. The topological polar surface area (TPSA) is 87.7 Å². The lowest BCUT2D eigenvalue weighted by molar-refractivity contribution is -0.140. The van der Waals surface area contributed by atoms with Gasteiger partial charge in [-0.1, -0.05) is 87.1 Å². The average molecular weight is 584 g/mol. The summed E-state index contributed by atoms with van der Waals surface area (Å²) in [6.45, 7) is 13.7. The maximum atomic E-state index is 14.2. The van der Waals surface area contributed by atoms with Crippen molar-refractivity contribution in [1.82, 2.24) is 10.2 Å². The van der Waals surface area contributed by atoms with Crippen LogP contribution in [0.4, 0.5) is 10.5 Å². The van der Waals surface area contributed by atoms with Gasteiger partial charge in [-0.25, -0.2) is 4.79 Å². The Bertz CT molecular complexity index is 1140. The summed E-state index contributed by atoms with van der Waals surface area (Å²) >= 11 is 4.40. The van der Waals surface area contributed by atoms with Crippen LogP contribution in [0.1, 0.15) is 94.5 Å². The highest BCUT2D eigenvalue weighted by molar-refractivity contribution is 7.80. The van der Waals surface area contributed by atoms with Crippen molar-refractivity contribution in [2.75, 3.05) is 17.6 Å². The van der Waals surface area contributed by atoms with Crippen molar-refractivity contribution in [2.24, 2.45) is 0 Å². The Hall–Kier alpha value is -3.00. The van der Waals surface area contributed by atoms with Crippen LogP contribution in [0.3, 0.4) is 0 Å². The summed E-state index contributed by atoms with van der Waals surface area (Å²) < 4.78 is 5.42. The van der Waals surface area contributed by atoms with E-state index in [-0.39, 0.29) is 17.6 Å². The van der Waals surface area contributed by atoms with E-state index in [2.05, 4.69) is 30.2 Å². The number of unbranched alkanes of at least 4 members (excludes halogenated alkanes) is 5. The number of carbonyl (C=O) groups is 3. The van der Waals surface area contributed by atoms with Crippen molar-refractivity contribution in [3.63, 3.8) is 0 Å². The molecule has 0 saturated carbocycles. The summed E-state index contributed by atoms with van der Waals surface area (Å²) in [7, 11) is 0. The molecule has 2 aromatic carbocycles. The van der Waals surface area contributed by atoms with Crippen LogP contribution in [-0.2, 0) is 14.3 Å². The predicted molar refractivity (Wildman–Crippen MR) is 171 cm³/mol. The third-order valence-electron chi connectivity index (χ3n) is 6.85. The number of amides is 3. The van der Waals surface area contributed by atoms with Crippen molar-refractivity contribution in [1.29, 1.82) is 0 Å². The second-order valence-corrected chi connectivity index (χ2v) is 12.1. The van der Waals surface area contributed by atoms with Gasteiger partial charge in [0.25, 0.3) is 5.91 Å². The summed E-state index contributed by atoms with van der Waals surface area (Å²) in [6.07, 6.45) is 5.50. The number of benzene rings is 2. The molecule has 2 unspecified atom stereocenters. The number of alkyl carbamates (subject to hydrolysis) is 1. The van der Waals surface area contributed by atoms with Crippen LogP contribution < -0.4 is 10.6 Å². The molecule has 0 spiro atoms. The van der Waals surface area contributed by atoms with Gasteiger partial charge >= 0.3 is 6.09 Å². The van der Waals surface area contributed by atoms with Crippen molar-refractivity contribution in [2.45, 2.75) is 105 Å². The van der Waals surface area contributed by atoms with Gasteiger partial charge in [0.2, 0.25) is 5.91 Å². The molecule has 2 rings (SSSR count). The molecule has 3 amide bonds. The number of para-hydroxylation sites is 1. The Labute approximate surface area is 252 Å². The Morgan fingerprint density at radius 3 is 2.12 bits per heavy atom. The molecule has 0 aliphatic rings. The lowest BCUT2D eigenvalue weighted by Crippen LogP contribution is -2.53. The van der Waals surface area contributed by atoms with Crippen LogP contribution in [0.2, 0.25) is 0 Å². The van der Waals surface area contributed by atoms with Crippen molar-refractivity contribution in [3.8, 4) is 0 Å². The van der Waals surface area contributed by atoms with Gasteiger partial charge in [-0.3, -0.25) is 9.59 Å². The molecule has 7 nitrogen and oxygen atoms in total. The number of ether oxygens (including phenoxy) is 1. The van der Waals surface area contributed by atoms with E-state index in [4.69, 9.17) is 4.74 Å². The van der Waals surface area contributed by atoms with Gasteiger partial charge in [-0.05, 0) is 64.7 Å². The lowest BCUT2D eigenvalue weighted by Gasteiger charge is -2.34. The maximum absolute atomic E-state index is 14.2. The second-order valence-electron chi connectivity index (χ2n) is 11.8. The highest BCUT2D eigenvalue weighted by Gasteiger charge is 2.36. The first-order valence-corrected chi connectivity index (χ1v) is 15.4. The molecule has 0 aliphatic heterocycles. The largest absolute Gasteiger partial charge is 0.444 e. The smallest absolute Gasteiger partial charge is 0.408 e. The number of nitrogens with zero attached hydrogens (tertiary/aromatic N) is 1.